The Morgan fingerprint density at radius 1 is 0.969 bits per heavy atom. The Bertz CT molecular complexity index is 1170. The van der Waals surface area contributed by atoms with E-state index in [9.17, 15) is 18.3 Å². The molecule has 0 spiro atoms. The van der Waals surface area contributed by atoms with E-state index in [1.54, 1.807) is 0 Å². The van der Waals surface area contributed by atoms with Gasteiger partial charge in [-0.1, -0.05) is 24.3 Å². The third-order valence-corrected chi connectivity index (χ3v) is 5.74. The number of nitrogens with zero attached hydrogens (tertiary/aromatic N) is 3. The van der Waals surface area contributed by atoms with E-state index >= 15 is 0 Å². The summed E-state index contributed by atoms with van der Waals surface area (Å²) in [5, 5.41) is 14.4. The molecule has 3 aliphatic rings. The summed E-state index contributed by atoms with van der Waals surface area (Å²) in [4.78, 5) is 4.15. The highest BCUT2D eigenvalue weighted by Crippen LogP contribution is 2.35. The summed E-state index contributed by atoms with van der Waals surface area (Å²) < 4.78 is 44.3. The van der Waals surface area contributed by atoms with Crippen LogP contribution in [0, 0.1) is 0 Å². The molecule has 0 aromatic heterocycles. The second-order valence-corrected chi connectivity index (χ2v) is 7.57. The molecular weight excluding hydrogens is 425 g/mol. The highest BCUT2D eigenvalue weighted by molar-refractivity contribution is 5.77. The number of aliphatic hydroxyl groups is 1. The Kier molecular flexibility index (Phi) is 5.43. The minimum Gasteiger partial charge on any atom is -0.492 e. The Hall–Kier alpha value is -3.37. The Morgan fingerprint density at radius 3 is 2.22 bits per heavy atom. The molecule has 32 heavy (non-hydrogen) atoms. The van der Waals surface area contributed by atoms with Gasteiger partial charge >= 0.3 is 6.18 Å². The van der Waals surface area contributed by atoms with E-state index in [1.807, 2.05) is 36.2 Å². The largest absolute Gasteiger partial charge is 0.492 e. The minimum atomic E-state index is -4.42. The zero-order chi connectivity index (χ0) is 21.8. The van der Waals surface area contributed by atoms with Gasteiger partial charge in [-0.3, -0.25) is 5.43 Å². The van der Waals surface area contributed by atoms with Crippen LogP contribution < -0.4 is 20.9 Å². The maximum atomic E-state index is 12.9. The first-order valence-corrected chi connectivity index (χ1v) is 9.94. The molecule has 1 saturated heterocycles. The lowest BCUT2D eigenvalue weighted by Gasteiger charge is -2.38. The van der Waals surface area contributed by atoms with Gasteiger partial charge in [-0.05, 0) is 24.3 Å². The van der Waals surface area contributed by atoms with Crippen molar-refractivity contribution in [2.24, 2.45) is 0 Å². The number of benzene rings is 2. The average molecular weight is 448 g/mol. The number of fused-ring (bicyclic) bond motifs is 2. The highest BCUT2D eigenvalue weighted by Gasteiger charge is 2.37. The molecule has 3 aliphatic heterocycles. The van der Waals surface area contributed by atoms with Crippen molar-refractivity contribution in [1.29, 1.82) is 0 Å². The van der Waals surface area contributed by atoms with Crippen molar-refractivity contribution < 1.29 is 28.5 Å². The number of aliphatic hydroxyl groups excluding tert-OH is 1. The number of anilines is 1. The smallest absolute Gasteiger partial charge is 0.416 e. The van der Waals surface area contributed by atoms with Gasteiger partial charge in [0, 0.05) is 30.6 Å². The molecule has 0 atom stereocenters. The Labute approximate surface area is 182 Å². The molecule has 0 aliphatic carbocycles. The fourth-order valence-corrected chi connectivity index (χ4v) is 4.27. The number of alkyl halides is 3. The fraction of sp³-hybridized carbons (Fsp3) is 0.273. The van der Waals surface area contributed by atoms with E-state index < -0.39 is 11.7 Å². The number of hydrazine groups is 1. The number of halogens is 3. The summed E-state index contributed by atoms with van der Waals surface area (Å²) in [7, 11) is 1.88. The zero-order valence-electron chi connectivity index (χ0n) is 17.3. The molecule has 0 unspecified atom stereocenters. The molecule has 1 fully saturated rings. The van der Waals surface area contributed by atoms with Gasteiger partial charge in [0.2, 0.25) is 5.88 Å². The number of rotatable bonds is 2. The lowest BCUT2D eigenvalue weighted by atomic mass is 10.1. The van der Waals surface area contributed by atoms with Crippen LogP contribution in [0.15, 0.2) is 60.1 Å². The van der Waals surface area contributed by atoms with E-state index in [0.29, 0.717) is 30.3 Å². The van der Waals surface area contributed by atoms with Crippen molar-refractivity contribution in [1.82, 2.24) is 15.2 Å². The van der Waals surface area contributed by atoms with Gasteiger partial charge in [-0.25, -0.2) is 5.01 Å². The minimum absolute atomic E-state index is 0. The van der Waals surface area contributed by atoms with Crippen LogP contribution in [0.2, 0.25) is 0 Å². The topological polar surface area (TPSA) is 82.7 Å². The van der Waals surface area contributed by atoms with Crippen molar-refractivity contribution in [3.63, 3.8) is 0 Å². The molecule has 3 heterocycles. The van der Waals surface area contributed by atoms with E-state index in [1.165, 1.54) is 17.1 Å². The van der Waals surface area contributed by atoms with Crippen LogP contribution in [0.3, 0.4) is 0 Å². The lowest BCUT2D eigenvalue weighted by Crippen LogP contribution is -2.50. The van der Waals surface area contributed by atoms with Crippen LogP contribution in [-0.2, 0) is 10.9 Å². The molecule has 7 nitrogen and oxygen atoms in total. The third kappa shape index (κ3) is 3.41. The summed E-state index contributed by atoms with van der Waals surface area (Å²) in [5.41, 5.74) is 4.11. The Balaban J connectivity index is 0.00000245. The lowest BCUT2D eigenvalue weighted by molar-refractivity contribution is -0.137. The van der Waals surface area contributed by atoms with Crippen LogP contribution in [0.25, 0.3) is 11.5 Å². The van der Waals surface area contributed by atoms with Crippen LogP contribution in [-0.4, -0.2) is 53.7 Å². The maximum absolute atomic E-state index is 12.9. The first-order chi connectivity index (χ1) is 14.9. The molecule has 10 heteroatoms. The maximum Gasteiger partial charge on any atom is 0.416 e. The monoisotopic (exact) mass is 448 g/mol. The molecule has 5 rings (SSSR count). The summed E-state index contributed by atoms with van der Waals surface area (Å²) in [6.07, 6.45) is -4.42. The fourth-order valence-electron chi connectivity index (χ4n) is 4.27. The zero-order valence-corrected chi connectivity index (χ0v) is 17.3. The SMILES string of the molecule is CN1C2=C(O)N(c3ccc(C(F)(F)F)cc3)NC2=c2ccccc2=C1N1CCOCC1.O. The van der Waals surface area contributed by atoms with E-state index in [4.69, 9.17) is 4.74 Å². The van der Waals surface area contributed by atoms with Crippen LogP contribution in [0.5, 0.6) is 0 Å². The van der Waals surface area contributed by atoms with E-state index in [0.717, 1.165) is 41.5 Å². The summed E-state index contributed by atoms with van der Waals surface area (Å²) in [5.74, 6) is 0.887. The first-order valence-electron chi connectivity index (χ1n) is 9.94. The van der Waals surface area contributed by atoms with Crippen LogP contribution >= 0.6 is 0 Å². The van der Waals surface area contributed by atoms with Gasteiger partial charge in [0.25, 0.3) is 0 Å². The number of hydrogen-bond donors (Lipinski definition) is 2. The van der Waals surface area contributed by atoms with Gasteiger partial charge in [-0.2, -0.15) is 13.2 Å². The predicted molar refractivity (Wildman–Crippen MR) is 113 cm³/mol. The van der Waals surface area contributed by atoms with Crippen molar-refractivity contribution >= 4 is 17.2 Å². The normalized spacial score (nSPS) is 18.3. The highest BCUT2D eigenvalue weighted by atomic mass is 19.4. The molecule has 2 aromatic rings. The number of ether oxygens (including phenoxy) is 1. The number of morpholine rings is 1. The van der Waals surface area contributed by atoms with Gasteiger partial charge in [0.05, 0.1) is 30.2 Å². The van der Waals surface area contributed by atoms with Gasteiger partial charge < -0.3 is 25.1 Å². The Morgan fingerprint density at radius 2 is 1.59 bits per heavy atom. The molecule has 170 valence electrons. The van der Waals surface area contributed by atoms with Crippen molar-refractivity contribution in [3.8, 4) is 0 Å². The van der Waals surface area contributed by atoms with Crippen molar-refractivity contribution in [2.75, 3.05) is 38.4 Å². The van der Waals surface area contributed by atoms with E-state index in [2.05, 4.69) is 10.3 Å². The molecule has 2 aromatic carbocycles. The second kappa shape index (κ2) is 7.95. The molecule has 0 amide bonds. The van der Waals surface area contributed by atoms with Gasteiger partial charge in [0.15, 0.2) is 0 Å². The number of hydrogen-bond acceptors (Lipinski definition) is 6. The molecule has 4 N–H and O–H groups in total. The molecule has 0 bridgehead atoms. The second-order valence-electron chi connectivity index (χ2n) is 7.57. The molecular formula is C22H23F3N4O3. The van der Waals surface area contributed by atoms with Crippen LogP contribution in [0.1, 0.15) is 5.56 Å². The first kappa shape index (κ1) is 21.8. The summed E-state index contributed by atoms with van der Waals surface area (Å²) >= 11 is 0. The standard InChI is InChI=1S/C22H21F3N4O2.H2O/c1-27-19-18(16-4-2-3-5-17(16)20(27)28-10-12-31-13-11-28)26-29(21(19)30)15-8-6-14(7-9-15)22(23,24)25;/h2-9,26,30H,10-13H2,1H3;1H2. The number of nitrogens with one attached hydrogen (secondary N) is 1. The van der Waals surface area contributed by atoms with Gasteiger partial charge in [0.1, 0.15) is 11.5 Å². The average Bonchev–Trinajstić information content (AvgIpc) is 3.12. The molecule has 0 radical (unpaired) electrons. The third-order valence-electron chi connectivity index (χ3n) is 5.74. The predicted octanol–water partition coefficient (Wildman–Crippen LogP) is 1.08. The summed E-state index contributed by atoms with van der Waals surface area (Å²) in [6, 6.07) is 12.6. The number of likely N-dealkylation sites (N-methyl/N-ethyl adjacent to an activating group) is 1. The van der Waals surface area contributed by atoms with E-state index in [-0.39, 0.29) is 11.4 Å². The summed E-state index contributed by atoms with van der Waals surface area (Å²) in [6.45, 7) is 2.70. The quantitative estimate of drug-likeness (QED) is 0.716. The van der Waals surface area contributed by atoms with Crippen molar-refractivity contribution in [3.05, 3.63) is 76.1 Å². The van der Waals surface area contributed by atoms with Crippen LogP contribution in [0.4, 0.5) is 18.9 Å². The molecule has 0 saturated carbocycles. The van der Waals surface area contributed by atoms with Gasteiger partial charge in [-0.15, -0.1) is 0 Å². The van der Waals surface area contributed by atoms with Crippen molar-refractivity contribution in [2.45, 2.75) is 6.18 Å².